The molecule has 3 aliphatic rings. The molecule has 0 bridgehead atoms. The predicted octanol–water partition coefficient (Wildman–Crippen LogP) is 4.07. The summed E-state index contributed by atoms with van der Waals surface area (Å²) in [4.78, 5) is 28.7. The van der Waals surface area contributed by atoms with Gasteiger partial charge in [0, 0.05) is 37.8 Å². The molecule has 1 saturated heterocycles. The minimum absolute atomic E-state index is 0.0747. The van der Waals surface area contributed by atoms with Crippen LogP contribution in [0.25, 0.3) is 0 Å². The van der Waals surface area contributed by atoms with Crippen molar-refractivity contribution in [3.8, 4) is 0 Å². The van der Waals surface area contributed by atoms with Crippen LogP contribution in [0, 0.1) is 5.92 Å². The number of benzene rings is 1. The molecule has 1 aromatic rings. The number of hydrogen-bond acceptors (Lipinski definition) is 2. The van der Waals surface area contributed by atoms with E-state index in [1.807, 2.05) is 29.2 Å². The van der Waals surface area contributed by atoms with Crippen molar-refractivity contribution in [1.29, 1.82) is 0 Å². The van der Waals surface area contributed by atoms with Crippen LogP contribution in [0.5, 0.6) is 0 Å². The van der Waals surface area contributed by atoms with Gasteiger partial charge in [0.25, 0.3) is 0 Å². The molecule has 0 atom stereocenters. The van der Waals surface area contributed by atoms with Crippen LogP contribution in [0.4, 0.5) is 10.5 Å². The molecule has 0 radical (unpaired) electrons. The Balaban J connectivity index is 1.34. The minimum Gasteiger partial charge on any atom is -0.334 e. The Morgan fingerprint density at radius 1 is 1.11 bits per heavy atom. The van der Waals surface area contributed by atoms with Crippen LogP contribution < -0.4 is 10.2 Å². The molecule has 27 heavy (non-hydrogen) atoms. The summed E-state index contributed by atoms with van der Waals surface area (Å²) in [6, 6.07) is 8.53. The lowest BCUT2D eigenvalue weighted by Gasteiger charge is -2.30. The van der Waals surface area contributed by atoms with Gasteiger partial charge in [-0.25, -0.2) is 4.79 Å². The fourth-order valence-electron chi connectivity index (χ4n) is 4.47. The van der Waals surface area contributed by atoms with E-state index in [0.717, 1.165) is 43.6 Å². The molecule has 1 aromatic carbocycles. The largest absolute Gasteiger partial charge is 0.334 e. The third-order valence-electron chi connectivity index (χ3n) is 6.17. The van der Waals surface area contributed by atoms with Crippen molar-refractivity contribution in [3.63, 3.8) is 0 Å². The van der Waals surface area contributed by atoms with Gasteiger partial charge in [-0.15, -0.1) is 0 Å². The highest BCUT2D eigenvalue weighted by Crippen LogP contribution is 2.31. The van der Waals surface area contributed by atoms with E-state index < -0.39 is 0 Å². The molecule has 2 saturated carbocycles. The van der Waals surface area contributed by atoms with Gasteiger partial charge >= 0.3 is 6.03 Å². The second kappa shape index (κ2) is 8.32. The van der Waals surface area contributed by atoms with Crippen molar-refractivity contribution in [2.45, 2.75) is 70.4 Å². The number of carbonyl (C=O) groups is 2. The van der Waals surface area contributed by atoms with Crippen molar-refractivity contribution in [3.05, 3.63) is 29.8 Å². The Labute approximate surface area is 162 Å². The van der Waals surface area contributed by atoms with E-state index in [9.17, 15) is 9.59 Å². The molecule has 2 aliphatic carbocycles. The zero-order chi connectivity index (χ0) is 18.6. The summed E-state index contributed by atoms with van der Waals surface area (Å²) in [5, 5.41) is 3.12. The molecule has 3 fully saturated rings. The SMILES string of the molecule is O=C1CCCN1c1cccc(CNC(=O)N(CC2CCCCC2)C2CC2)c1. The van der Waals surface area contributed by atoms with Crippen molar-refractivity contribution < 1.29 is 9.59 Å². The molecule has 0 aromatic heterocycles. The summed E-state index contributed by atoms with van der Waals surface area (Å²) in [7, 11) is 0. The molecule has 3 amide bonds. The van der Waals surface area contributed by atoms with Crippen LogP contribution in [-0.4, -0.2) is 36.0 Å². The van der Waals surface area contributed by atoms with E-state index in [-0.39, 0.29) is 11.9 Å². The lowest BCUT2D eigenvalue weighted by molar-refractivity contribution is -0.117. The zero-order valence-corrected chi connectivity index (χ0v) is 16.2. The maximum absolute atomic E-state index is 12.8. The quantitative estimate of drug-likeness (QED) is 0.822. The molecule has 0 unspecified atom stereocenters. The molecule has 1 heterocycles. The van der Waals surface area contributed by atoms with E-state index >= 15 is 0 Å². The first-order chi connectivity index (χ1) is 13.2. The fraction of sp³-hybridized carbons (Fsp3) is 0.636. The van der Waals surface area contributed by atoms with Gasteiger partial charge in [-0.3, -0.25) is 4.79 Å². The first kappa shape index (κ1) is 18.3. The average molecular weight is 370 g/mol. The summed E-state index contributed by atoms with van der Waals surface area (Å²) in [6.07, 6.45) is 10.4. The number of rotatable bonds is 6. The molecular weight excluding hydrogens is 338 g/mol. The lowest BCUT2D eigenvalue weighted by atomic mass is 9.89. The highest BCUT2D eigenvalue weighted by molar-refractivity contribution is 5.95. The molecule has 0 spiro atoms. The Bertz CT molecular complexity index is 680. The van der Waals surface area contributed by atoms with Crippen molar-refractivity contribution in [1.82, 2.24) is 10.2 Å². The number of nitrogens with zero attached hydrogens (tertiary/aromatic N) is 2. The standard InChI is InChI=1S/C22H31N3O2/c26-21-10-5-13-24(21)20-9-4-8-18(14-20)15-23-22(27)25(19-11-12-19)16-17-6-2-1-3-7-17/h4,8-9,14,17,19H,1-3,5-7,10-13,15-16H2,(H,23,27). The Hall–Kier alpha value is -2.04. The third kappa shape index (κ3) is 4.63. The predicted molar refractivity (Wildman–Crippen MR) is 107 cm³/mol. The highest BCUT2D eigenvalue weighted by atomic mass is 16.2. The summed E-state index contributed by atoms with van der Waals surface area (Å²) < 4.78 is 0. The summed E-state index contributed by atoms with van der Waals surface area (Å²) in [6.45, 7) is 2.23. The second-order valence-corrected chi connectivity index (χ2v) is 8.37. The number of amides is 3. The Morgan fingerprint density at radius 3 is 2.63 bits per heavy atom. The van der Waals surface area contributed by atoms with E-state index in [1.165, 1.54) is 32.1 Å². The van der Waals surface area contributed by atoms with Gasteiger partial charge in [0.1, 0.15) is 0 Å². The van der Waals surface area contributed by atoms with Crippen molar-refractivity contribution >= 4 is 17.6 Å². The van der Waals surface area contributed by atoms with Crippen LogP contribution in [0.2, 0.25) is 0 Å². The number of carbonyl (C=O) groups excluding carboxylic acids is 2. The van der Waals surface area contributed by atoms with E-state index in [4.69, 9.17) is 0 Å². The summed E-state index contributed by atoms with van der Waals surface area (Å²) in [5.41, 5.74) is 2.00. The van der Waals surface area contributed by atoms with E-state index in [0.29, 0.717) is 24.9 Å². The lowest BCUT2D eigenvalue weighted by Crippen LogP contribution is -2.43. The summed E-state index contributed by atoms with van der Waals surface area (Å²) in [5.74, 6) is 0.873. The zero-order valence-electron chi connectivity index (χ0n) is 16.2. The first-order valence-corrected chi connectivity index (χ1v) is 10.6. The smallest absolute Gasteiger partial charge is 0.317 e. The van der Waals surface area contributed by atoms with Crippen LogP contribution in [0.15, 0.2) is 24.3 Å². The van der Waals surface area contributed by atoms with Crippen LogP contribution in [0.3, 0.4) is 0 Å². The van der Waals surface area contributed by atoms with Crippen LogP contribution in [-0.2, 0) is 11.3 Å². The van der Waals surface area contributed by atoms with Crippen molar-refractivity contribution in [2.24, 2.45) is 5.92 Å². The monoisotopic (exact) mass is 369 g/mol. The Kier molecular flexibility index (Phi) is 5.65. The van der Waals surface area contributed by atoms with Gasteiger partial charge in [-0.2, -0.15) is 0 Å². The van der Waals surface area contributed by atoms with Gasteiger partial charge < -0.3 is 15.1 Å². The van der Waals surface area contributed by atoms with E-state index in [2.05, 4.69) is 10.2 Å². The molecule has 1 aliphatic heterocycles. The molecule has 4 rings (SSSR count). The van der Waals surface area contributed by atoms with Crippen molar-refractivity contribution in [2.75, 3.05) is 18.0 Å². The van der Waals surface area contributed by atoms with Gasteiger partial charge in [0.05, 0.1) is 0 Å². The third-order valence-corrected chi connectivity index (χ3v) is 6.17. The topological polar surface area (TPSA) is 52.7 Å². The second-order valence-electron chi connectivity index (χ2n) is 8.37. The highest BCUT2D eigenvalue weighted by Gasteiger charge is 2.34. The Morgan fingerprint density at radius 2 is 1.93 bits per heavy atom. The van der Waals surface area contributed by atoms with Gasteiger partial charge in [-0.1, -0.05) is 31.4 Å². The fourth-order valence-corrected chi connectivity index (χ4v) is 4.47. The van der Waals surface area contributed by atoms with Gasteiger partial charge in [0.2, 0.25) is 5.91 Å². The number of urea groups is 1. The van der Waals surface area contributed by atoms with E-state index in [1.54, 1.807) is 0 Å². The maximum atomic E-state index is 12.8. The molecule has 5 nitrogen and oxygen atoms in total. The van der Waals surface area contributed by atoms with Gasteiger partial charge in [-0.05, 0) is 55.7 Å². The first-order valence-electron chi connectivity index (χ1n) is 10.6. The molecule has 5 heteroatoms. The molecule has 146 valence electrons. The number of anilines is 1. The normalized spacial score (nSPS) is 20.7. The van der Waals surface area contributed by atoms with Crippen LogP contribution in [0.1, 0.15) is 63.4 Å². The number of hydrogen-bond donors (Lipinski definition) is 1. The number of nitrogens with one attached hydrogen (secondary N) is 1. The summed E-state index contributed by atoms with van der Waals surface area (Å²) >= 11 is 0. The minimum atomic E-state index is 0.0747. The maximum Gasteiger partial charge on any atom is 0.317 e. The van der Waals surface area contributed by atoms with Gasteiger partial charge in [0.15, 0.2) is 0 Å². The average Bonchev–Trinajstić information content (AvgIpc) is 3.45. The van der Waals surface area contributed by atoms with Crippen LogP contribution >= 0.6 is 0 Å². The molecule has 1 N–H and O–H groups in total. The molecular formula is C22H31N3O2.